The fraction of sp³-hybridized carbons (Fsp3) is 0.267. The van der Waals surface area contributed by atoms with Crippen molar-refractivity contribution in [3.05, 3.63) is 52.3 Å². The van der Waals surface area contributed by atoms with Gasteiger partial charge in [0, 0.05) is 5.02 Å². The van der Waals surface area contributed by atoms with E-state index in [0.717, 1.165) is 17.9 Å². The molecule has 0 radical (unpaired) electrons. The van der Waals surface area contributed by atoms with Crippen LogP contribution in [-0.4, -0.2) is 10.2 Å². The van der Waals surface area contributed by atoms with Crippen LogP contribution in [0.25, 0.3) is 11.6 Å². The van der Waals surface area contributed by atoms with Crippen molar-refractivity contribution in [1.82, 2.24) is 10.2 Å². The third-order valence-corrected chi connectivity index (χ3v) is 3.64. The second kappa shape index (κ2) is 4.99. The Morgan fingerprint density at radius 1 is 1.11 bits per heavy atom. The van der Waals surface area contributed by atoms with Gasteiger partial charge in [0.2, 0.25) is 0 Å². The summed E-state index contributed by atoms with van der Waals surface area (Å²) >= 11 is 5.91. The van der Waals surface area contributed by atoms with Gasteiger partial charge in [-0.25, -0.2) is 0 Å². The highest BCUT2D eigenvalue weighted by atomic mass is 35.5. The summed E-state index contributed by atoms with van der Waals surface area (Å²) in [7, 11) is 0. The fourth-order valence-electron chi connectivity index (χ4n) is 2.44. The summed E-state index contributed by atoms with van der Waals surface area (Å²) in [6, 6.07) is 7.96. The highest BCUT2D eigenvalue weighted by Gasteiger charge is 2.14. The van der Waals surface area contributed by atoms with Gasteiger partial charge in [0.25, 0.3) is 0 Å². The lowest BCUT2D eigenvalue weighted by Gasteiger charge is -2.04. The van der Waals surface area contributed by atoms with Gasteiger partial charge in [-0.3, -0.25) is 5.10 Å². The van der Waals surface area contributed by atoms with Crippen molar-refractivity contribution in [3.63, 3.8) is 0 Å². The minimum atomic E-state index is 0.778. The van der Waals surface area contributed by atoms with Crippen molar-refractivity contribution >= 4 is 23.3 Å². The summed E-state index contributed by atoms with van der Waals surface area (Å²) in [6.07, 6.45) is 8.91. The van der Waals surface area contributed by atoms with E-state index in [2.05, 4.69) is 28.4 Å². The van der Waals surface area contributed by atoms with E-state index in [0.29, 0.717) is 0 Å². The zero-order valence-corrected chi connectivity index (χ0v) is 10.9. The third-order valence-electron chi connectivity index (χ3n) is 3.39. The van der Waals surface area contributed by atoms with Gasteiger partial charge in [-0.05, 0) is 60.6 Å². The molecule has 1 heterocycles. The molecule has 0 fully saturated rings. The van der Waals surface area contributed by atoms with Gasteiger partial charge in [-0.1, -0.05) is 23.7 Å². The van der Waals surface area contributed by atoms with E-state index >= 15 is 0 Å². The quantitative estimate of drug-likeness (QED) is 0.758. The Bertz CT molecular complexity index is 566. The number of rotatable bonds is 1. The maximum atomic E-state index is 5.91. The first-order valence-electron chi connectivity index (χ1n) is 6.32. The summed E-state index contributed by atoms with van der Waals surface area (Å²) in [5.74, 6) is 0. The summed E-state index contributed by atoms with van der Waals surface area (Å²) < 4.78 is 0. The zero-order valence-electron chi connectivity index (χ0n) is 10.1. The topological polar surface area (TPSA) is 28.7 Å². The van der Waals surface area contributed by atoms with Crippen LogP contribution < -0.4 is 0 Å². The molecule has 1 aliphatic carbocycles. The van der Waals surface area contributed by atoms with Gasteiger partial charge in [0.15, 0.2) is 0 Å². The Hall–Kier alpha value is -1.54. The number of allylic oxidation sites excluding steroid dienone is 1. The number of H-pyrrole nitrogens is 1. The molecule has 0 saturated carbocycles. The van der Waals surface area contributed by atoms with E-state index in [1.165, 1.54) is 35.2 Å². The molecule has 3 rings (SSSR count). The maximum absolute atomic E-state index is 5.91. The predicted octanol–water partition coefficient (Wildman–Crippen LogP) is 4.33. The average molecular weight is 259 g/mol. The number of fused-ring (bicyclic) bond motifs is 1. The van der Waals surface area contributed by atoms with Crippen molar-refractivity contribution in [3.8, 4) is 0 Å². The van der Waals surface area contributed by atoms with Crippen LogP contribution in [0.4, 0.5) is 0 Å². The lowest BCUT2D eigenvalue weighted by molar-refractivity contribution is 0.770. The third kappa shape index (κ3) is 2.34. The van der Waals surface area contributed by atoms with Gasteiger partial charge in [0.1, 0.15) is 0 Å². The van der Waals surface area contributed by atoms with Crippen LogP contribution in [-0.2, 0) is 6.42 Å². The van der Waals surface area contributed by atoms with Crippen LogP contribution in [0.3, 0.4) is 0 Å². The molecular weight excluding hydrogens is 244 g/mol. The molecule has 0 aliphatic heterocycles. The van der Waals surface area contributed by atoms with Gasteiger partial charge in [-0.2, -0.15) is 5.10 Å². The second-order valence-corrected chi connectivity index (χ2v) is 5.13. The largest absolute Gasteiger partial charge is 0.278 e. The average Bonchev–Trinajstić information content (AvgIpc) is 2.76. The molecule has 1 aromatic heterocycles. The Balaban J connectivity index is 1.99. The van der Waals surface area contributed by atoms with Crippen molar-refractivity contribution in [2.24, 2.45) is 0 Å². The van der Waals surface area contributed by atoms with E-state index in [4.69, 9.17) is 11.6 Å². The van der Waals surface area contributed by atoms with Crippen molar-refractivity contribution in [1.29, 1.82) is 0 Å². The number of aromatic amines is 1. The number of nitrogens with zero attached hydrogens (tertiary/aromatic N) is 1. The highest BCUT2D eigenvalue weighted by Crippen LogP contribution is 2.29. The molecule has 3 heteroatoms. The molecule has 2 aromatic rings. The Kier molecular flexibility index (Phi) is 3.20. The summed E-state index contributed by atoms with van der Waals surface area (Å²) in [5.41, 5.74) is 5.09. The first-order valence-corrected chi connectivity index (χ1v) is 6.69. The lowest BCUT2D eigenvalue weighted by atomic mass is 10.0. The van der Waals surface area contributed by atoms with E-state index in [9.17, 15) is 0 Å². The molecule has 92 valence electrons. The Morgan fingerprint density at radius 3 is 2.72 bits per heavy atom. The SMILES string of the molecule is Clc1ccc(/C=C2\CCCCc3cn[nH]c32)cc1. The first-order chi connectivity index (χ1) is 8.83. The lowest BCUT2D eigenvalue weighted by Crippen LogP contribution is -1.87. The molecule has 1 aromatic carbocycles. The first kappa shape index (κ1) is 11.5. The molecule has 0 unspecified atom stereocenters. The van der Waals surface area contributed by atoms with Crippen molar-refractivity contribution in [2.45, 2.75) is 25.7 Å². The molecule has 2 nitrogen and oxygen atoms in total. The summed E-state index contributed by atoms with van der Waals surface area (Å²) in [4.78, 5) is 0. The van der Waals surface area contributed by atoms with Crippen molar-refractivity contribution < 1.29 is 0 Å². The van der Waals surface area contributed by atoms with Crippen LogP contribution in [0.2, 0.25) is 5.02 Å². The molecule has 0 spiro atoms. The van der Waals surface area contributed by atoms with Gasteiger partial charge in [0.05, 0.1) is 11.9 Å². The molecule has 1 N–H and O–H groups in total. The molecule has 18 heavy (non-hydrogen) atoms. The minimum Gasteiger partial charge on any atom is -0.278 e. The van der Waals surface area contributed by atoms with Gasteiger partial charge >= 0.3 is 0 Å². The number of hydrogen-bond acceptors (Lipinski definition) is 1. The normalized spacial score (nSPS) is 17.5. The smallest absolute Gasteiger partial charge is 0.0641 e. The number of hydrogen-bond donors (Lipinski definition) is 1. The minimum absolute atomic E-state index is 0.778. The predicted molar refractivity (Wildman–Crippen MR) is 75.5 cm³/mol. The van der Waals surface area contributed by atoms with Crippen LogP contribution >= 0.6 is 11.6 Å². The van der Waals surface area contributed by atoms with Crippen LogP contribution in [0.5, 0.6) is 0 Å². The summed E-state index contributed by atoms with van der Waals surface area (Å²) in [5, 5.41) is 8.08. The Labute approximate surface area is 112 Å². The molecular formula is C15H15ClN2. The number of aromatic nitrogens is 2. The van der Waals surface area contributed by atoms with Crippen LogP contribution in [0, 0.1) is 0 Å². The maximum Gasteiger partial charge on any atom is 0.0641 e. The standard InChI is InChI=1S/C15H15ClN2/c16-14-7-5-11(6-8-14)9-12-3-1-2-4-13-10-17-18-15(12)13/h5-10H,1-4H2,(H,17,18)/b12-9+. The zero-order chi connectivity index (χ0) is 12.4. The molecule has 0 bridgehead atoms. The number of nitrogens with one attached hydrogen (secondary N) is 1. The summed E-state index contributed by atoms with van der Waals surface area (Å²) in [6.45, 7) is 0. The second-order valence-electron chi connectivity index (χ2n) is 4.70. The molecule has 1 aliphatic rings. The Morgan fingerprint density at radius 2 is 1.89 bits per heavy atom. The van der Waals surface area contributed by atoms with Gasteiger partial charge < -0.3 is 0 Å². The highest BCUT2D eigenvalue weighted by molar-refractivity contribution is 6.30. The number of halogens is 1. The monoisotopic (exact) mass is 258 g/mol. The van der Waals surface area contributed by atoms with E-state index in [1.54, 1.807) is 0 Å². The van der Waals surface area contributed by atoms with Gasteiger partial charge in [-0.15, -0.1) is 0 Å². The van der Waals surface area contributed by atoms with E-state index in [1.807, 2.05) is 18.3 Å². The molecule has 0 amide bonds. The van der Waals surface area contributed by atoms with Crippen molar-refractivity contribution in [2.75, 3.05) is 0 Å². The van der Waals surface area contributed by atoms with Crippen LogP contribution in [0.1, 0.15) is 36.1 Å². The van der Waals surface area contributed by atoms with Crippen LogP contribution in [0.15, 0.2) is 30.5 Å². The van der Waals surface area contributed by atoms with E-state index < -0.39 is 0 Å². The number of benzene rings is 1. The molecule has 0 saturated heterocycles. The number of aryl methyl sites for hydroxylation is 1. The molecule has 0 atom stereocenters. The fourth-order valence-corrected chi connectivity index (χ4v) is 2.57. The van der Waals surface area contributed by atoms with E-state index in [-0.39, 0.29) is 0 Å².